The number of rotatable bonds is 20. The summed E-state index contributed by atoms with van der Waals surface area (Å²) in [4.78, 5) is 96.3. The van der Waals surface area contributed by atoms with Crippen molar-refractivity contribution in [3.63, 3.8) is 0 Å². The van der Waals surface area contributed by atoms with Crippen molar-refractivity contribution in [2.24, 2.45) is 11.5 Å². The van der Waals surface area contributed by atoms with Crippen LogP contribution in [0.5, 0.6) is 0 Å². The molecule has 6 unspecified atom stereocenters. The second-order valence-corrected chi connectivity index (χ2v) is 10.5. The molecule has 0 aliphatic rings. The van der Waals surface area contributed by atoms with Crippen LogP contribution in [0.1, 0.15) is 52.9 Å². The maximum atomic E-state index is 12.9. The molecule has 6 amide bonds. The number of nitrogens with one attached hydrogen (secondary N) is 5. The smallest absolute Gasteiger partial charge is 0.326 e. The fourth-order valence-corrected chi connectivity index (χ4v) is 3.71. The summed E-state index contributed by atoms with van der Waals surface area (Å²) < 4.78 is 0. The number of carboxylic acid groups (broad SMARTS) is 2. The van der Waals surface area contributed by atoms with Crippen LogP contribution < -0.4 is 38.1 Å². The van der Waals surface area contributed by atoms with Gasteiger partial charge < -0.3 is 48.3 Å². The summed E-state index contributed by atoms with van der Waals surface area (Å²) in [6.07, 6.45) is 0.655. The van der Waals surface area contributed by atoms with Gasteiger partial charge in [0.05, 0.1) is 6.04 Å². The summed E-state index contributed by atoms with van der Waals surface area (Å²) in [5.41, 5.74) is 10.5. The zero-order chi connectivity index (χ0) is 32.6. The van der Waals surface area contributed by atoms with Crippen molar-refractivity contribution in [2.75, 3.05) is 12.0 Å². The highest BCUT2D eigenvalue weighted by molar-refractivity contribution is 7.98. The van der Waals surface area contributed by atoms with E-state index < -0.39 is 90.1 Å². The maximum Gasteiger partial charge on any atom is 0.326 e. The van der Waals surface area contributed by atoms with Gasteiger partial charge in [-0.2, -0.15) is 11.8 Å². The molecule has 0 aromatic carbocycles. The molecule has 0 rings (SSSR count). The molecule has 11 N–H and O–H groups in total. The van der Waals surface area contributed by atoms with Crippen molar-refractivity contribution in [3.8, 4) is 0 Å². The van der Waals surface area contributed by atoms with Gasteiger partial charge in [0, 0.05) is 12.8 Å². The number of carboxylic acids is 2. The molecule has 17 nitrogen and oxygen atoms in total. The Hall–Kier alpha value is -3.93. The first-order chi connectivity index (χ1) is 19.5. The van der Waals surface area contributed by atoms with E-state index in [0.717, 1.165) is 0 Å². The number of nitrogens with two attached hydrogens (primary N) is 2. The summed E-state index contributed by atoms with van der Waals surface area (Å²) in [6.45, 7) is 3.98. The van der Waals surface area contributed by atoms with Gasteiger partial charge in [0.25, 0.3) is 0 Å². The highest BCUT2D eigenvalue weighted by Gasteiger charge is 2.30. The SMILES string of the molecule is CSCCC(NC(=O)C(C)NC(=O)C(CCC(=O)O)NC(=O)C(C)N)C(=O)NC(C)C(=O)NC(CCC(N)=O)C(=O)O. The summed E-state index contributed by atoms with van der Waals surface area (Å²) in [5, 5.41) is 30.0. The molecule has 0 saturated carbocycles. The van der Waals surface area contributed by atoms with E-state index in [4.69, 9.17) is 16.6 Å². The quantitative estimate of drug-likeness (QED) is 0.0650. The zero-order valence-electron chi connectivity index (χ0n) is 23.9. The predicted molar refractivity (Wildman–Crippen MR) is 151 cm³/mol. The van der Waals surface area contributed by atoms with Gasteiger partial charge in [-0.3, -0.25) is 33.6 Å². The Labute approximate surface area is 247 Å². The van der Waals surface area contributed by atoms with Gasteiger partial charge in [-0.05, 0) is 52.0 Å². The molecule has 0 radical (unpaired) electrons. The van der Waals surface area contributed by atoms with Gasteiger partial charge in [0.15, 0.2) is 0 Å². The number of carbonyl (C=O) groups excluding carboxylic acids is 6. The number of carbonyl (C=O) groups is 8. The molecule has 18 heteroatoms. The Morgan fingerprint density at radius 2 is 1.07 bits per heavy atom. The molecule has 0 aromatic rings. The van der Waals surface area contributed by atoms with Crippen LogP contribution in [0.2, 0.25) is 0 Å². The molecule has 42 heavy (non-hydrogen) atoms. The second-order valence-electron chi connectivity index (χ2n) is 9.49. The Morgan fingerprint density at radius 3 is 1.48 bits per heavy atom. The van der Waals surface area contributed by atoms with Crippen molar-refractivity contribution >= 4 is 59.1 Å². The minimum Gasteiger partial charge on any atom is -0.481 e. The third-order valence-electron chi connectivity index (χ3n) is 5.74. The summed E-state index contributed by atoms with van der Waals surface area (Å²) in [5.74, 6) is -6.86. The first-order valence-corrected chi connectivity index (χ1v) is 14.4. The number of primary amides is 1. The molecule has 0 spiro atoms. The largest absolute Gasteiger partial charge is 0.481 e. The molecule has 238 valence electrons. The topological polar surface area (TPSA) is 289 Å². The standard InChI is InChI=1S/C24H41N7O10S/c1-11(25)19(35)29-14(6-8-18(33)34)22(38)27-12(2)20(36)30-15(9-10-42-4)23(39)28-13(3)21(37)31-16(24(40)41)5-7-17(26)32/h11-16H,5-10,25H2,1-4H3,(H2,26,32)(H,27,38)(H,28,39)(H,29,35)(H,30,36)(H,31,37)(H,33,34)(H,40,41). The van der Waals surface area contributed by atoms with Crippen LogP contribution in [0, 0.1) is 0 Å². The van der Waals surface area contributed by atoms with E-state index in [1.54, 1.807) is 6.26 Å². The lowest BCUT2D eigenvalue weighted by molar-refractivity contribution is -0.142. The van der Waals surface area contributed by atoms with E-state index in [1.165, 1.54) is 32.5 Å². The molecule has 0 aliphatic heterocycles. The molecule has 0 saturated heterocycles. The molecule has 0 bridgehead atoms. The van der Waals surface area contributed by atoms with E-state index in [2.05, 4.69) is 26.6 Å². The van der Waals surface area contributed by atoms with Gasteiger partial charge in [-0.1, -0.05) is 0 Å². The van der Waals surface area contributed by atoms with E-state index in [1.807, 2.05) is 0 Å². The maximum absolute atomic E-state index is 12.9. The van der Waals surface area contributed by atoms with Gasteiger partial charge in [0.1, 0.15) is 30.2 Å². The van der Waals surface area contributed by atoms with Crippen LogP contribution in [0.25, 0.3) is 0 Å². The lowest BCUT2D eigenvalue weighted by atomic mass is 10.1. The summed E-state index contributed by atoms with van der Waals surface area (Å²) in [6, 6.07) is -7.27. The Balaban J connectivity index is 5.38. The minimum absolute atomic E-state index is 0.135. The Kier molecular flexibility index (Phi) is 17.4. The fourth-order valence-electron chi connectivity index (χ4n) is 3.24. The number of aliphatic carboxylic acids is 2. The summed E-state index contributed by atoms with van der Waals surface area (Å²) in [7, 11) is 0. The molecule has 0 aromatic heterocycles. The number of hydrogen-bond acceptors (Lipinski definition) is 10. The highest BCUT2D eigenvalue weighted by Crippen LogP contribution is 2.05. The molecule has 0 aliphatic carbocycles. The van der Waals surface area contributed by atoms with Crippen molar-refractivity contribution < 1.29 is 48.6 Å². The monoisotopic (exact) mass is 619 g/mol. The average molecular weight is 620 g/mol. The van der Waals surface area contributed by atoms with Gasteiger partial charge in [-0.15, -0.1) is 0 Å². The van der Waals surface area contributed by atoms with Gasteiger partial charge >= 0.3 is 11.9 Å². The first-order valence-electron chi connectivity index (χ1n) is 13.0. The van der Waals surface area contributed by atoms with E-state index >= 15 is 0 Å². The molecule has 0 fully saturated rings. The molecule has 0 heterocycles. The number of thioether (sulfide) groups is 1. The lowest BCUT2D eigenvalue weighted by Crippen LogP contribution is -2.58. The number of hydrogen-bond donors (Lipinski definition) is 9. The lowest BCUT2D eigenvalue weighted by Gasteiger charge is -2.25. The van der Waals surface area contributed by atoms with Gasteiger partial charge in [-0.25, -0.2) is 4.79 Å². The van der Waals surface area contributed by atoms with E-state index in [9.17, 15) is 43.5 Å². The first kappa shape index (κ1) is 38.1. The van der Waals surface area contributed by atoms with Crippen LogP contribution in [0.4, 0.5) is 0 Å². The van der Waals surface area contributed by atoms with E-state index in [0.29, 0.717) is 5.75 Å². The highest BCUT2D eigenvalue weighted by atomic mass is 32.2. The fraction of sp³-hybridized carbons (Fsp3) is 0.667. The normalized spacial score (nSPS) is 15.0. The van der Waals surface area contributed by atoms with Crippen LogP contribution in [0.3, 0.4) is 0 Å². The third-order valence-corrected chi connectivity index (χ3v) is 6.38. The predicted octanol–water partition coefficient (Wildman–Crippen LogP) is -3.23. The summed E-state index contributed by atoms with van der Waals surface area (Å²) >= 11 is 1.38. The van der Waals surface area contributed by atoms with Crippen LogP contribution >= 0.6 is 11.8 Å². The van der Waals surface area contributed by atoms with Crippen LogP contribution in [-0.2, 0) is 38.4 Å². The second kappa shape index (κ2) is 19.2. The van der Waals surface area contributed by atoms with Crippen molar-refractivity contribution in [1.82, 2.24) is 26.6 Å². The zero-order valence-corrected chi connectivity index (χ0v) is 24.7. The number of amides is 6. The molecule has 6 atom stereocenters. The Morgan fingerprint density at radius 1 is 0.643 bits per heavy atom. The van der Waals surface area contributed by atoms with Crippen LogP contribution in [0.15, 0.2) is 0 Å². The van der Waals surface area contributed by atoms with Crippen molar-refractivity contribution in [1.29, 1.82) is 0 Å². The van der Waals surface area contributed by atoms with Crippen LogP contribution in [-0.4, -0.2) is 106 Å². The van der Waals surface area contributed by atoms with Crippen molar-refractivity contribution in [3.05, 3.63) is 0 Å². The van der Waals surface area contributed by atoms with Gasteiger partial charge in [0.2, 0.25) is 35.4 Å². The molecular weight excluding hydrogens is 578 g/mol. The minimum atomic E-state index is -1.42. The molecular formula is C24H41N7O10S. The van der Waals surface area contributed by atoms with E-state index in [-0.39, 0.29) is 25.7 Å². The average Bonchev–Trinajstić information content (AvgIpc) is 2.89. The van der Waals surface area contributed by atoms with Crippen molar-refractivity contribution in [2.45, 2.75) is 89.1 Å². The Bertz CT molecular complexity index is 1010. The third kappa shape index (κ3) is 15.2.